The fraction of sp³-hybridized carbons (Fsp3) is 0.400. The summed E-state index contributed by atoms with van der Waals surface area (Å²) in [6, 6.07) is 12.4. The summed E-state index contributed by atoms with van der Waals surface area (Å²) in [5, 5.41) is 11.1. The van der Waals surface area contributed by atoms with Crippen molar-refractivity contribution >= 4 is 11.6 Å². The van der Waals surface area contributed by atoms with E-state index in [-0.39, 0.29) is 0 Å². The molecular formula is C20H24ClNO2. The Morgan fingerprint density at radius 3 is 2.54 bits per heavy atom. The predicted molar refractivity (Wildman–Crippen MR) is 97.9 cm³/mol. The highest BCUT2D eigenvalue weighted by Gasteiger charge is 2.18. The molecule has 0 aliphatic carbocycles. The van der Waals surface area contributed by atoms with Crippen LogP contribution in [0.3, 0.4) is 0 Å². The number of rotatable bonds is 5. The summed E-state index contributed by atoms with van der Waals surface area (Å²) in [7, 11) is 0. The number of fused-ring (bicyclic) bond motifs is 1. The second kappa shape index (κ2) is 7.56. The van der Waals surface area contributed by atoms with Crippen molar-refractivity contribution in [3.05, 3.63) is 63.7 Å². The molecule has 1 heterocycles. The average molecular weight is 346 g/mol. The zero-order valence-electron chi connectivity index (χ0n) is 14.3. The molecule has 3 nitrogen and oxygen atoms in total. The second-order valence-corrected chi connectivity index (χ2v) is 6.97. The van der Waals surface area contributed by atoms with Crippen molar-refractivity contribution in [1.82, 2.24) is 4.90 Å². The zero-order valence-corrected chi connectivity index (χ0v) is 15.0. The summed E-state index contributed by atoms with van der Waals surface area (Å²) in [6.45, 7) is 6.71. The Kier molecular flexibility index (Phi) is 5.44. The second-order valence-electron chi connectivity index (χ2n) is 6.59. The molecule has 0 radical (unpaired) electrons. The monoisotopic (exact) mass is 345 g/mol. The molecule has 0 spiro atoms. The van der Waals surface area contributed by atoms with Crippen LogP contribution in [0.1, 0.15) is 22.3 Å². The van der Waals surface area contributed by atoms with Gasteiger partial charge in [0.05, 0.1) is 0 Å². The minimum Gasteiger partial charge on any atom is -0.491 e. The summed E-state index contributed by atoms with van der Waals surface area (Å²) in [5.41, 5.74) is 4.77. The van der Waals surface area contributed by atoms with Gasteiger partial charge in [-0.2, -0.15) is 0 Å². The molecule has 1 atom stereocenters. The number of aryl methyl sites for hydroxylation is 2. The molecule has 0 saturated carbocycles. The molecule has 0 amide bonds. The van der Waals surface area contributed by atoms with E-state index in [1.54, 1.807) is 0 Å². The normalized spacial score (nSPS) is 15.8. The fourth-order valence-electron chi connectivity index (χ4n) is 3.24. The van der Waals surface area contributed by atoms with Crippen LogP contribution < -0.4 is 4.74 Å². The van der Waals surface area contributed by atoms with Gasteiger partial charge in [-0.15, -0.1) is 0 Å². The molecule has 0 aromatic heterocycles. The van der Waals surface area contributed by atoms with E-state index in [4.69, 9.17) is 16.3 Å². The van der Waals surface area contributed by atoms with Crippen LogP contribution in [0, 0.1) is 13.8 Å². The number of hydrogen-bond acceptors (Lipinski definition) is 3. The lowest BCUT2D eigenvalue weighted by Gasteiger charge is -2.30. The minimum atomic E-state index is -0.508. The molecule has 4 heteroatoms. The van der Waals surface area contributed by atoms with Crippen molar-refractivity contribution in [3.63, 3.8) is 0 Å². The fourth-order valence-corrected chi connectivity index (χ4v) is 3.35. The topological polar surface area (TPSA) is 32.7 Å². The van der Waals surface area contributed by atoms with Crippen LogP contribution in [0.15, 0.2) is 36.4 Å². The Bertz CT molecular complexity index is 694. The van der Waals surface area contributed by atoms with E-state index in [1.165, 1.54) is 11.1 Å². The molecule has 0 saturated heterocycles. The third kappa shape index (κ3) is 4.10. The van der Waals surface area contributed by atoms with Gasteiger partial charge < -0.3 is 9.84 Å². The summed E-state index contributed by atoms with van der Waals surface area (Å²) >= 11 is 6.17. The number of β-amino-alcohol motifs (C(OH)–C–C–N with tert-alkyl or cyclic N) is 1. The third-order valence-corrected chi connectivity index (χ3v) is 5.13. The van der Waals surface area contributed by atoms with Crippen molar-refractivity contribution in [3.8, 4) is 5.75 Å². The van der Waals surface area contributed by atoms with Crippen LogP contribution in [0.5, 0.6) is 5.75 Å². The number of aliphatic hydroxyl groups is 1. The molecule has 1 aliphatic heterocycles. The van der Waals surface area contributed by atoms with Crippen molar-refractivity contribution in [2.75, 3.05) is 19.7 Å². The highest BCUT2D eigenvalue weighted by molar-refractivity contribution is 6.32. The van der Waals surface area contributed by atoms with Gasteiger partial charge in [-0.05, 0) is 54.7 Å². The highest BCUT2D eigenvalue weighted by atomic mass is 35.5. The van der Waals surface area contributed by atoms with Crippen molar-refractivity contribution in [2.24, 2.45) is 0 Å². The average Bonchev–Trinajstić information content (AvgIpc) is 2.57. The number of aliphatic hydroxyl groups excluding tert-OH is 1. The number of nitrogens with zero attached hydrogens (tertiary/aromatic N) is 1. The van der Waals surface area contributed by atoms with Crippen molar-refractivity contribution < 1.29 is 9.84 Å². The Morgan fingerprint density at radius 2 is 1.83 bits per heavy atom. The first-order chi connectivity index (χ1) is 11.5. The van der Waals surface area contributed by atoms with Crippen LogP contribution in [-0.4, -0.2) is 35.8 Å². The standard InChI is InChI=1S/C20H24ClNO2/c1-14-9-19(10-15(2)20(14)21)24-13-18(23)12-22-8-7-16-5-3-4-6-17(16)11-22/h3-6,9-10,18,23H,7-8,11-13H2,1-2H3/t18-/m0/s1. The summed E-state index contributed by atoms with van der Waals surface area (Å²) in [4.78, 5) is 2.29. The van der Waals surface area contributed by atoms with Gasteiger partial charge in [0.2, 0.25) is 0 Å². The molecule has 3 rings (SSSR count). The maximum absolute atomic E-state index is 10.3. The molecule has 1 aliphatic rings. The van der Waals surface area contributed by atoms with E-state index in [1.807, 2.05) is 26.0 Å². The molecule has 2 aromatic rings. The van der Waals surface area contributed by atoms with Gasteiger partial charge in [0, 0.05) is 24.7 Å². The van der Waals surface area contributed by atoms with E-state index in [2.05, 4.69) is 29.2 Å². The smallest absolute Gasteiger partial charge is 0.120 e. The Balaban J connectivity index is 1.52. The Morgan fingerprint density at radius 1 is 1.17 bits per heavy atom. The molecular weight excluding hydrogens is 322 g/mol. The van der Waals surface area contributed by atoms with Crippen LogP contribution >= 0.6 is 11.6 Å². The maximum Gasteiger partial charge on any atom is 0.120 e. The first kappa shape index (κ1) is 17.3. The number of ether oxygens (including phenoxy) is 1. The largest absolute Gasteiger partial charge is 0.491 e. The van der Waals surface area contributed by atoms with Gasteiger partial charge in [0.25, 0.3) is 0 Å². The summed E-state index contributed by atoms with van der Waals surface area (Å²) in [6.07, 6.45) is 0.533. The third-order valence-electron chi connectivity index (χ3n) is 4.53. The predicted octanol–water partition coefficient (Wildman–Crippen LogP) is 3.75. The van der Waals surface area contributed by atoms with Gasteiger partial charge in [0.1, 0.15) is 18.5 Å². The Hall–Kier alpha value is -1.55. The molecule has 0 bridgehead atoms. The SMILES string of the molecule is Cc1cc(OC[C@@H](O)CN2CCc3ccccc3C2)cc(C)c1Cl. The maximum atomic E-state index is 10.3. The highest BCUT2D eigenvalue weighted by Crippen LogP contribution is 2.26. The molecule has 128 valence electrons. The first-order valence-corrected chi connectivity index (χ1v) is 8.77. The molecule has 2 aromatic carbocycles. The van der Waals surface area contributed by atoms with E-state index < -0.39 is 6.10 Å². The quantitative estimate of drug-likeness (QED) is 0.895. The van der Waals surface area contributed by atoms with Gasteiger partial charge in [0.15, 0.2) is 0 Å². The lowest BCUT2D eigenvalue weighted by molar-refractivity contribution is 0.0637. The number of hydrogen-bond donors (Lipinski definition) is 1. The van der Waals surface area contributed by atoms with Gasteiger partial charge in [-0.25, -0.2) is 0 Å². The van der Waals surface area contributed by atoms with Crippen molar-refractivity contribution in [1.29, 1.82) is 0 Å². The van der Waals surface area contributed by atoms with Gasteiger partial charge >= 0.3 is 0 Å². The van der Waals surface area contributed by atoms with E-state index in [0.717, 1.165) is 41.4 Å². The first-order valence-electron chi connectivity index (χ1n) is 8.39. The van der Waals surface area contributed by atoms with Gasteiger partial charge in [-0.1, -0.05) is 35.9 Å². The lowest BCUT2D eigenvalue weighted by Crippen LogP contribution is -2.38. The van der Waals surface area contributed by atoms with Crippen molar-refractivity contribution in [2.45, 2.75) is 32.9 Å². The van der Waals surface area contributed by atoms with E-state index in [0.29, 0.717) is 13.2 Å². The minimum absolute atomic E-state index is 0.290. The van der Waals surface area contributed by atoms with Crippen LogP contribution in [0.25, 0.3) is 0 Å². The zero-order chi connectivity index (χ0) is 17.1. The molecule has 24 heavy (non-hydrogen) atoms. The van der Waals surface area contributed by atoms with Gasteiger partial charge in [-0.3, -0.25) is 4.90 Å². The lowest BCUT2D eigenvalue weighted by atomic mass is 10.00. The van der Waals surface area contributed by atoms with E-state index in [9.17, 15) is 5.11 Å². The molecule has 1 N–H and O–H groups in total. The van der Waals surface area contributed by atoms with Crippen LogP contribution in [0.2, 0.25) is 5.02 Å². The summed E-state index contributed by atoms with van der Waals surface area (Å²) < 4.78 is 5.76. The Labute approximate surface area is 148 Å². The molecule has 0 unspecified atom stereocenters. The van der Waals surface area contributed by atoms with Crippen LogP contribution in [0.4, 0.5) is 0 Å². The molecule has 0 fully saturated rings. The number of benzene rings is 2. The van der Waals surface area contributed by atoms with Crippen LogP contribution in [-0.2, 0) is 13.0 Å². The summed E-state index contributed by atoms with van der Waals surface area (Å²) in [5.74, 6) is 0.762. The number of halogens is 1. The van der Waals surface area contributed by atoms with E-state index >= 15 is 0 Å².